The molecule has 1 aromatic heterocycles. The first-order chi connectivity index (χ1) is 12.8. The molecule has 0 bridgehead atoms. The molecule has 1 unspecified atom stereocenters. The summed E-state index contributed by atoms with van der Waals surface area (Å²) in [5, 5.41) is 0.461. The predicted molar refractivity (Wildman–Crippen MR) is 106 cm³/mol. The van der Waals surface area contributed by atoms with Crippen LogP contribution in [0.5, 0.6) is 0 Å². The Bertz CT molecular complexity index is 1020. The molecule has 0 spiro atoms. The summed E-state index contributed by atoms with van der Waals surface area (Å²) in [6.45, 7) is 1.78. The molecular formula is C20H16Cl2FN3O. The number of anilines is 1. The molecule has 1 amide bonds. The summed E-state index contributed by atoms with van der Waals surface area (Å²) in [7, 11) is 0. The van der Waals surface area contributed by atoms with Gasteiger partial charge in [0.1, 0.15) is 11.7 Å². The van der Waals surface area contributed by atoms with E-state index in [0.717, 1.165) is 11.1 Å². The fourth-order valence-electron chi connectivity index (χ4n) is 2.99. The van der Waals surface area contributed by atoms with Gasteiger partial charge in [0.25, 0.3) is 0 Å². The minimum absolute atomic E-state index is 0.231. The lowest BCUT2D eigenvalue weighted by Gasteiger charge is -2.18. The average molecular weight is 404 g/mol. The van der Waals surface area contributed by atoms with Gasteiger partial charge >= 0.3 is 0 Å². The molecule has 0 saturated heterocycles. The third-order valence-electron chi connectivity index (χ3n) is 4.21. The van der Waals surface area contributed by atoms with Crippen molar-refractivity contribution in [3.05, 3.63) is 81.2 Å². The van der Waals surface area contributed by atoms with Crippen LogP contribution in [0, 0.1) is 12.7 Å². The largest absolute Gasteiger partial charge is 0.399 e. The van der Waals surface area contributed by atoms with Crippen LogP contribution in [0.1, 0.15) is 22.7 Å². The van der Waals surface area contributed by atoms with Gasteiger partial charge in [-0.25, -0.2) is 4.39 Å². The number of hydrogen-bond acceptors (Lipinski definition) is 3. The van der Waals surface area contributed by atoms with E-state index < -0.39 is 11.8 Å². The minimum Gasteiger partial charge on any atom is -0.399 e. The number of amides is 1. The molecular weight excluding hydrogens is 388 g/mol. The number of carbonyl (C=O) groups excluding carboxylic acids is 1. The van der Waals surface area contributed by atoms with Crippen LogP contribution in [0.25, 0.3) is 11.3 Å². The molecule has 3 rings (SSSR count). The molecule has 0 aliphatic rings. The average Bonchev–Trinajstić information content (AvgIpc) is 2.57. The lowest BCUT2D eigenvalue weighted by atomic mass is 9.93. The van der Waals surface area contributed by atoms with Gasteiger partial charge < -0.3 is 11.5 Å². The molecule has 0 aliphatic carbocycles. The molecule has 3 aromatic rings. The second-order valence-electron chi connectivity index (χ2n) is 6.14. The zero-order valence-corrected chi connectivity index (χ0v) is 15.9. The highest BCUT2D eigenvalue weighted by Crippen LogP contribution is 2.37. The third kappa shape index (κ3) is 3.89. The summed E-state index contributed by atoms with van der Waals surface area (Å²) in [5.74, 6) is -1.93. The van der Waals surface area contributed by atoms with Crippen molar-refractivity contribution in [1.82, 2.24) is 4.98 Å². The first-order valence-corrected chi connectivity index (χ1v) is 8.80. The smallest absolute Gasteiger partial charge is 0.231 e. The quantitative estimate of drug-likeness (QED) is 0.619. The molecule has 1 heterocycles. The number of nitrogens with zero attached hydrogens (tertiary/aromatic N) is 1. The van der Waals surface area contributed by atoms with E-state index in [1.807, 2.05) is 0 Å². The van der Waals surface area contributed by atoms with Crippen molar-refractivity contribution in [2.75, 3.05) is 5.73 Å². The monoisotopic (exact) mass is 403 g/mol. The summed E-state index contributed by atoms with van der Waals surface area (Å²) in [6.07, 6.45) is 0. The zero-order valence-electron chi connectivity index (χ0n) is 14.3. The van der Waals surface area contributed by atoms with E-state index in [1.165, 1.54) is 24.3 Å². The lowest BCUT2D eigenvalue weighted by molar-refractivity contribution is -0.118. The maximum absolute atomic E-state index is 13.4. The van der Waals surface area contributed by atoms with Gasteiger partial charge in [-0.3, -0.25) is 9.78 Å². The van der Waals surface area contributed by atoms with Crippen molar-refractivity contribution < 1.29 is 9.18 Å². The van der Waals surface area contributed by atoms with Gasteiger partial charge in [-0.05, 0) is 55.0 Å². The number of carbonyl (C=O) groups is 1. The van der Waals surface area contributed by atoms with Crippen LogP contribution in [0.3, 0.4) is 0 Å². The Balaban J connectivity index is 2.15. The van der Waals surface area contributed by atoms with E-state index in [1.54, 1.807) is 31.2 Å². The summed E-state index contributed by atoms with van der Waals surface area (Å²) >= 11 is 12.6. The topological polar surface area (TPSA) is 82.0 Å². The third-order valence-corrected chi connectivity index (χ3v) is 4.83. The minimum atomic E-state index is -0.952. The first-order valence-electron chi connectivity index (χ1n) is 8.05. The van der Waals surface area contributed by atoms with Crippen LogP contribution in [0.2, 0.25) is 10.0 Å². The molecule has 4 nitrogen and oxygen atoms in total. The number of nitrogens with two attached hydrogens (primary N) is 2. The number of halogens is 3. The van der Waals surface area contributed by atoms with Crippen molar-refractivity contribution in [2.45, 2.75) is 12.8 Å². The Morgan fingerprint density at radius 3 is 2.37 bits per heavy atom. The number of primary amides is 1. The normalized spacial score (nSPS) is 12.0. The Labute approximate surface area is 165 Å². The first kappa shape index (κ1) is 19.1. The van der Waals surface area contributed by atoms with Gasteiger partial charge in [-0.15, -0.1) is 0 Å². The van der Waals surface area contributed by atoms with E-state index in [2.05, 4.69) is 4.98 Å². The van der Waals surface area contributed by atoms with Crippen molar-refractivity contribution in [3.8, 4) is 11.3 Å². The van der Waals surface area contributed by atoms with Crippen LogP contribution < -0.4 is 11.5 Å². The summed E-state index contributed by atoms with van der Waals surface area (Å²) < 4.78 is 13.4. The van der Waals surface area contributed by atoms with Crippen LogP contribution in [-0.2, 0) is 4.79 Å². The Hall–Kier alpha value is -2.63. The van der Waals surface area contributed by atoms with Crippen molar-refractivity contribution in [3.63, 3.8) is 0 Å². The fourth-order valence-corrected chi connectivity index (χ4v) is 3.71. The summed E-state index contributed by atoms with van der Waals surface area (Å²) in [4.78, 5) is 16.8. The van der Waals surface area contributed by atoms with Gasteiger partial charge in [0.2, 0.25) is 5.91 Å². The second kappa shape index (κ2) is 7.55. The predicted octanol–water partition coefficient (Wildman–Crippen LogP) is 4.70. The molecule has 27 heavy (non-hydrogen) atoms. The van der Waals surface area contributed by atoms with Crippen molar-refractivity contribution in [2.24, 2.45) is 5.73 Å². The van der Waals surface area contributed by atoms with Gasteiger partial charge in [0.05, 0.1) is 11.4 Å². The number of hydrogen-bond donors (Lipinski definition) is 2. The molecule has 0 fully saturated rings. The summed E-state index contributed by atoms with van der Waals surface area (Å²) in [5.41, 5.74) is 14.5. The van der Waals surface area contributed by atoms with Crippen LogP contribution >= 0.6 is 23.2 Å². The Morgan fingerprint density at radius 1 is 1.11 bits per heavy atom. The molecule has 1 atom stereocenters. The maximum atomic E-state index is 13.4. The standard InChI is InChI=1S/C20H16Cl2FN3O/c1-10-7-11(23)5-6-13(10)16-3-2-4-17(26-16)19(20(25)27)18-14(21)8-12(24)9-15(18)22/h2-9,19H,24H2,1H3,(H2,25,27). The molecule has 4 N–H and O–H groups in total. The SMILES string of the molecule is Cc1cc(F)ccc1-c1cccc(C(C(N)=O)c2c(Cl)cc(N)cc2Cl)n1. The van der Waals surface area contributed by atoms with E-state index >= 15 is 0 Å². The number of nitrogen functional groups attached to an aromatic ring is 1. The molecule has 0 saturated carbocycles. The number of benzene rings is 2. The number of aromatic nitrogens is 1. The summed E-state index contributed by atoms with van der Waals surface area (Å²) in [6, 6.07) is 12.6. The fraction of sp³-hybridized carbons (Fsp3) is 0.100. The molecule has 138 valence electrons. The van der Waals surface area contributed by atoms with Crippen molar-refractivity contribution in [1.29, 1.82) is 0 Å². The van der Waals surface area contributed by atoms with Crippen molar-refractivity contribution >= 4 is 34.8 Å². The highest BCUT2D eigenvalue weighted by atomic mass is 35.5. The Kier molecular flexibility index (Phi) is 5.35. The molecule has 2 aromatic carbocycles. The van der Waals surface area contributed by atoms with Crippen LogP contribution in [0.4, 0.5) is 10.1 Å². The lowest BCUT2D eigenvalue weighted by Crippen LogP contribution is -2.24. The molecule has 0 radical (unpaired) electrons. The van der Waals surface area contributed by atoms with Gasteiger partial charge in [-0.2, -0.15) is 0 Å². The highest BCUT2D eigenvalue weighted by molar-refractivity contribution is 6.37. The van der Waals surface area contributed by atoms with E-state index in [4.69, 9.17) is 34.7 Å². The van der Waals surface area contributed by atoms with E-state index in [9.17, 15) is 9.18 Å². The number of pyridine rings is 1. The van der Waals surface area contributed by atoms with E-state index in [-0.39, 0.29) is 15.9 Å². The highest BCUT2D eigenvalue weighted by Gasteiger charge is 2.27. The van der Waals surface area contributed by atoms with Gasteiger partial charge in [0, 0.05) is 26.9 Å². The van der Waals surface area contributed by atoms with Gasteiger partial charge in [-0.1, -0.05) is 29.3 Å². The molecule has 0 aliphatic heterocycles. The number of aryl methyl sites for hydroxylation is 1. The van der Waals surface area contributed by atoms with Crippen LogP contribution in [-0.4, -0.2) is 10.9 Å². The van der Waals surface area contributed by atoms with Gasteiger partial charge in [0.15, 0.2) is 0 Å². The maximum Gasteiger partial charge on any atom is 0.231 e. The molecule has 7 heteroatoms. The van der Waals surface area contributed by atoms with Crippen LogP contribution in [0.15, 0.2) is 48.5 Å². The Morgan fingerprint density at radius 2 is 1.78 bits per heavy atom. The number of rotatable bonds is 4. The zero-order chi connectivity index (χ0) is 19.7. The second-order valence-corrected chi connectivity index (χ2v) is 6.95. The van der Waals surface area contributed by atoms with E-state index in [0.29, 0.717) is 22.6 Å².